The van der Waals surface area contributed by atoms with Crippen molar-refractivity contribution >= 4 is 5.69 Å². The molecule has 0 aliphatic rings. The maximum atomic E-state index is 3.14. The Bertz CT molecular complexity index is 341. The first kappa shape index (κ1) is 11.6. The predicted molar refractivity (Wildman–Crippen MR) is 66.2 cm³/mol. The Morgan fingerprint density at radius 3 is 2.40 bits per heavy atom. The van der Waals surface area contributed by atoms with Crippen molar-refractivity contribution in [1.29, 1.82) is 0 Å². The van der Waals surface area contributed by atoms with Crippen molar-refractivity contribution in [3.63, 3.8) is 0 Å². The highest BCUT2D eigenvalue weighted by atomic mass is 15.1. The van der Waals surface area contributed by atoms with Gasteiger partial charge in [0.15, 0.2) is 0 Å². The number of rotatable bonds is 3. The Hall–Kier alpha value is -1.46. The second-order valence-electron chi connectivity index (χ2n) is 3.60. The van der Waals surface area contributed by atoms with E-state index in [1.54, 1.807) is 0 Å². The Morgan fingerprint density at radius 1 is 1.20 bits per heavy atom. The summed E-state index contributed by atoms with van der Waals surface area (Å²) in [5.74, 6) is 6.26. The van der Waals surface area contributed by atoms with Crippen LogP contribution in [0.3, 0.4) is 0 Å². The Morgan fingerprint density at radius 2 is 1.87 bits per heavy atom. The Balaban J connectivity index is 2.59. The number of nitrogens with zero attached hydrogens (tertiary/aromatic N) is 1. The van der Waals surface area contributed by atoms with Crippen LogP contribution in [0.1, 0.15) is 12.0 Å². The number of anilines is 1. The summed E-state index contributed by atoms with van der Waals surface area (Å²) in [7, 11) is 6.01. The van der Waals surface area contributed by atoms with E-state index in [4.69, 9.17) is 0 Å². The minimum Gasteiger partial charge on any atom is -0.378 e. The van der Waals surface area contributed by atoms with E-state index in [1.165, 1.54) is 5.69 Å². The zero-order valence-corrected chi connectivity index (χ0v) is 9.67. The Kier molecular flexibility index (Phi) is 4.73. The van der Waals surface area contributed by atoms with Gasteiger partial charge < -0.3 is 10.2 Å². The summed E-state index contributed by atoms with van der Waals surface area (Å²) in [5.41, 5.74) is 2.28. The molecule has 0 aliphatic heterocycles. The molecule has 1 aromatic carbocycles. The molecule has 0 radical (unpaired) electrons. The molecule has 0 aromatic heterocycles. The molecule has 0 heterocycles. The molecule has 0 aliphatic carbocycles. The van der Waals surface area contributed by atoms with Gasteiger partial charge >= 0.3 is 0 Å². The first-order valence-corrected chi connectivity index (χ1v) is 5.15. The van der Waals surface area contributed by atoms with Crippen molar-refractivity contribution < 1.29 is 0 Å². The molecule has 1 N–H and O–H groups in total. The number of benzene rings is 1. The smallest absolute Gasteiger partial charge is 0.0361 e. The van der Waals surface area contributed by atoms with E-state index in [9.17, 15) is 0 Å². The second kappa shape index (κ2) is 6.10. The van der Waals surface area contributed by atoms with Crippen molar-refractivity contribution in [3.8, 4) is 11.8 Å². The Labute approximate surface area is 92.3 Å². The second-order valence-corrected chi connectivity index (χ2v) is 3.60. The van der Waals surface area contributed by atoms with Gasteiger partial charge in [0.2, 0.25) is 0 Å². The topological polar surface area (TPSA) is 15.3 Å². The molecule has 0 atom stereocenters. The van der Waals surface area contributed by atoms with Gasteiger partial charge in [-0.15, -0.1) is 0 Å². The summed E-state index contributed by atoms with van der Waals surface area (Å²) in [6, 6.07) is 8.29. The summed E-state index contributed by atoms with van der Waals surface area (Å²) in [5, 5.41) is 3.07. The molecule has 80 valence electrons. The van der Waals surface area contributed by atoms with Crippen molar-refractivity contribution in [2.24, 2.45) is 0 Å². The van der Waals surface area contributed by atoms with E-state index >= 15 is 0 Å². The van der Waals surface area contributed by atoms with Crippen LogP contribution in [-0.4, -0.2) is 27.7 Å². The lowest BCUT2D eigenvalue weighted by molar-refractivity contribution is 0.818. The first-order valence-electron chi connectivity index (χ1n) is 5.15. The van der Waals surface area contributed by atoms with E-state index in [0.29, 0.717) is 0 Å². The first-order chi connectivity index (χ1) is 7.24. The van der Waals surface area contributed by atoms with Gasteiger partial charge in [0.05, 0.1) is 0 Å². The van der Waals surface area contributed by atoms with Gasteiger partial charge in [0.25, 0.3) is 0 Å². The van der Waals surface area contributed by atoms with Crippen LogP contribution in [0.4, 0.5) is 5.69 Å². The third-order valence-electron chi connectivity index (χ3n) is 2.12. The fourth-order valence-electron chi connectivity index (χ4n) is 1.19. The van der Waals surface area contributed by atoms with Crippen LogP contribution in [0.2, 0.25) is 0 Å². The zero-order valence-electron chi connectivity index (χ0n) is 9.67. The molecular weight excluding hydrogens is 184 g/mol. The monoisotopic (exact) mass is 202 g/mol. The van der Waals surface area contributed by atoms with Crippen LogP contribution in [0.15, 0.2) is 24.3 Å². The highest BCUT2D eigenvalue weighted by Gasteiger charge is 1.92. The lowest BCUT2D eigenvalue weighted by Gasteiger charge is -2.11. The molecule has 2 nitrogen and oxygen atoms in total. The molecule has 0 unspecified atom stereocenters. The van der Waals surface area contributed by atoms with E-state index in [0.717, 1.165) is 18.5 Å². The summed E-state index contributed by atoms with van der Waals surface area (Å²) >= 11 is 0. The van der Waals surface area contributed by atoms with Gasteiger partial charge in [-0.3, -0.25) is 0 Å². The quantitative estimate of drug-likeness (QED) is 0.593. The van der Waals surface area contributed by atoms with Crippen LogP contribution in [0.5, 0.6) is 0 Å². The van der Waals surface area contributed by atoms with Crippen LogP contribution in [0, 0.1) is 11.8 Å². The highest BCUT2D eigenvalue weighted by Crippen LogP contribution is 2.11. The molecule has 0 saturated heterocycles. The van der Waals surface area contributed by atoms with E-state index < -0.39 is 0 Å². The average Bonchev–Trinajstić information content (AvgIpc) is 2.25. The minimum absolute atomic E-state index is 0.895. The van der Waals surface area contributed by atoms with Gasteiger partial charge in [-0.1, -0.05) is 11.8 Å². The molecule has 2 heteroatoms. The third-order valence-corrected chi connectivity index (χ3v) is 2.12. The van der Waals surface area contributed by atoms with Crippen LogP contribution in [0.25, 0.3) is 0 Å². The standard InChI is InChI=1S/C13H18N2/c1-14-11-5-4-6-12-7-9-13(10-8-12)15(2)3/h7-10,14H,5,11H2,1-3H3. The molecule has 15 heavy (non-hydrogen) atoms. The summed E-state index contributed by atoms with van der Waals surface area (Å²) < 4.78 is 0. The van der Waals surface area contributed by atoms with Gasteiger partial charge in [-0.2, -0.15) is 0 Å². The predicted octanol–water partition coefficient (Wildman–Crippen LogP) is 1.71. The highest BCUT2D eigenvalue weighted by molar-refractivity contribution is 5.49. The molecule has 1 aromatic rings. The normalized spacial score (nSPS) is 9.27. The van der Waals surface area contributed by atoms with Crippen LogP contribution >= 0.6 is 0 Å². The van der Waals surface area contributed by atoms with Gasteiger partial charge in [0.1, 0.15) is 0 Å². The van der Waals surface area contributed by atoms with Gasteiger partial charge in [0, 0.05) is 38.3 Å². The maximum Gasteiger partial charge on any atom is 0.0361 e. The molecule has 0 fully saturated rings. The lowest BCUT2D eigenvalue weighted by Crippen LogP contribution is -2.08. The number of hydrogen-bond acceptors (Lipinski definition) is 2. The van der Waals surface area contributed by atoms with Crippen LogP contribution < -0.4 is 10.2 Å². The molecule has 0 saturated carbocycles. The summed E-state index contributed by atoms with van der Waals surface area (Å²) in [6.07, 6.45) is 0.895. The SMILES string of the molecule is CNCCC#Cc1ccc(N(C)C)cc1. The van der Waals surface area contributed by atoms with Crippen LogP contribution in [-0.2, 0) is 0 Å². The molecular formula is C13H18N2. The molecule has 0 bridgehead atoms. The number of nitrogens with one attached hydrogen (secondary N) is 1. The minimum atomic E-state index is 0.895. The van der Waals surface area contributed by atoms with Gasteiger partial charge in [-0.25, -0.2) is 0 Å². The third kappa shape index (κ3) is 4.05. The van der Waals surface area contributed by atoms with E-state index in [2.05, 4.69) is 46.3 Å². The lowest BCUT2D eigenvalue weighted by atomic mass is 10.2. The fraction of sp³-hybridized carbons (Fsp3) is 0.385. The zero-order chi connectivity index (χ0) is 11.1. The van der Waals surface area contributed by atoms with Crippen molar-refractivity contribution in [2.45, 2.75) is 6.42 Å². The van der Waals surface area contributed by atoms with E-state index in [1.807, 2.05) is 21.1 Å². The van der Waals surface area contributed by atoms with E-state index in [-0.39, 0.29) is 0 Å². The average molecular weight is 202 g/mol. The maximum absolute atomic E-state index is 3.14. The fourth-order valence-corrected chi connectivity index (χ4v) is 1.19. The van der Waals surface area contributed by atoms with Gasteiger partial charge in [-0.05, 0) is 31.3 Å². The summed E-state index contributed by atoms with van der Waals surface area (Å²) in [6.45, 7) is 0.947. The molecule has 0 spiro atoms. The molecule has 1 rings (SSSR count). The largest absolute Gasteiger partial charge is 0.378 e. The number of hydrogen-bond donors (Lipinski definition) is 1. The summed E-state index contributed by atoms with van der Waals surface area (Å²) in [4.78, 5) is 2.08. The molecule has 0 amide bonds. The van der Waals surface area contributed by atoms with Crippen molar-refractivity contribution in [2.75, 3.05) is 32.6 Å². The van der Waals surface area contributed by atoms with Crippen molar-refractivity contribution in [1.82, 2.24) is 5.32 Å². The van der Waals surface area contributed by atoms with Crippen molar-refractivity contribution in [3.05, 3.63) is 29.8 Å².